The third kappa shape index (κ3) is 4.43. The molecular weight excluding hydrogens is 424 g/mol. The molecule has 0 radical (unpaired) electrons. The highest BCUT2D eigenvalue weighted by Crippen LogP contribution is 2.34. The highest BCUT2D eigenvalue weighted by Gasteiger charge is 2.24. The summed E-state index contributed by atoms with van der Waals surface area (Å²) in [4.78, 5) is 7.12. The molecule has 0 aliphatic carbocycles. The van der Waals surface area contributed by atoms with E-state index in [1.807, 2.05) is 25.1 Å². The second-order valence-electron chi connectivity index (χ2n) is 6.09. The highest BCUT2D eigenvalue weighted by atomic mass is 35.5. The maximum atomic E-state index is 14.8. The van der Waals surface area contributed by atoms with Crippen LogP contribution in [0.1, 0.15) is 24.2 Å². The number of nitrogens with zero attached hydrogens (tertiary/aromatic N) is 2. The first-order chi connectivity index (χ1) is 13.3. The van der Waals surface area contributed by atoms with Gasteiger partial charge in [-0.2, -0.15) is 0 Å². The van der Waals surface area contributed by atoms with E-state index in [9.17, 15) is 12.8 Å². The van der Waals surface area contributed by atoms with Crippen molar-refractivity contribution in [1.82, 2.24) is 9.97 Å². The highest BCUT2D eigenvalue weighted by molar-refractivity contribution is 7.90. The van der Waals surface area contributed by atoms with E-state index in [0.717, 1.165) is 5.56 Å². The van der Waals surface area contributed by atoms with Crippen LogP contribution in [0.4, 0.5) is 10.1 Å². The molecule has 0 aliphatic rings. The van der Waals surface area contributed by atoms with Gasteiger partial charge in [0.25, 0.3) is 0 Å². The van der Waals surface area contributed by atoms with E-state index in [1.54, 1.807) is 6.07 Å². The Balaban J connectivity index is 1.88. The molecule has 1 heterocycles. The van der Waals surface area contributed by atoms with E-state index in [1.165, 1.54) is 30.7 Å². The van der Waals surface area contributed by atoms with Crippen molar-refractivity contribution in [1.29, 1.82) is 0 Å². The standard InChI is InChI=1S/C19H16Cl2FN3O2S/c1-12(14-4-2-3-5-15(14)20)25-16-6-7-17(19(22)18(16)21)28(26,27)10-13-8-9-23-11-24-13/h2-9,11-12,25H,10H2,1H3/t12-/m0/s1. The minimum absolute atomic E-state index is 0.264. The Morgan fingerprint density at radius 3 is 2.57 bits per heavy atom. The second kappa shape index (κ2) is 8.43. The molecule has 1 aromatic heterocycles. The predicted molar refractivity (Wildman–Crippen MR) is 108 cm³/mol. The lowest BCUT2D eigenvalue weighted by Gasteiger charge is -2.19. The molecule has 0 aliphatic heterocycles. The van der Waals surface area contributed by atoms with Gasteiger partial charge in [0, 0.05) is 11.2 Å². The number of nitrogens with one attached hydrogen (secondary N) is 1. The van der Waals surface area contributed by atoms with Crippen LogP contribution in [0.5, 0.6) is 0 Å². The summed E-state index contributed by atoms with van der Waals surface area (Å²) >= 11 is 12.3. The van der Waals surface area contributed by atoms with Crippen molar-refractivity contribution >= 4 is 38.7 Å². The molecule has 2 aromatic carbocycles. The van der Waals surface area contributed by atoms with Crippen LogP contribution in [-0.4, -0.2) is 18.4 Å². The molecular formula is C19H16Cl2FN3O2S. The molecule has 5 nitrogen and oxygen atoms in total. The molecule has 0 unspecified atom stereocenters. The van der Waals surface area contributed by atoms with E-state index in [4.69, 9.17) is 23.2 Å². The van der Waals surface area contributed by atoms with Crippen LogP contribution in [0.2, 0.25) is 10.0 Å². The van der Waals surface area contributed by atoms with Gasteiger partial charge in [-0.25, -0.2) is 22.8 Å². The summed E-state index contributed by atoms with van der Waals surface area (Å²) in [6, 6.07) is 11.1. The van der Waals surface area contributed by atoms with Crippen LogP contribution >= 0.6 is 23.2 Å². The molecule has 0 bridgehead atoms. The number of hydrogen-bond donors (Lipinski definition) is 1. The molecule has 0 spiro atoms. The average Bonchev–Trinajstić information content (AvgIpc) is 2.66. The van der Waals surface area contributed by atoms with Crippen molar-refractivity contribution in [3.63, 3.8) is 0 Å². The molecule has 146 valence electrons. The van der Waals surface area contributed by atoms with E-state index >= 15 is 0 Å². The predicted octanol–water partition coefficient (Wildman–Crippen LogP) is 5.07. The first-order valence-electron chi connectivity index (χ1n) is 8.26. The zero-order valence-electron chi connectivity index (χ0n) is 14.7. The van der Waals surface area contributed by atoms with Gasteiger partial charge in [-0.1, -0.05) is 41.4 Å². The largest absolute Gasteiger partial charge is 0.377 e. The van der Waals surface area contributed by atoms with E-state index in [2.05, 4.69) is 15.3 Å². The van der Waals surface area contributed by atoms with Gasteiger partial charge < -0.3 is 5.32 Å². The summed E-state index contributed by atoms with van der Waals surface area (Å²) in [5.74, 6) is -1.46. The number of hydrogen-bond acceptors (Lipinski definition) is 5. The van der Waals surface area contributed by atoms with Crippen LogP contribution in [-0.2, 0) is 15.6 Å². The first kappa shape index (κ1) is 20.5. The summed E-state index contributed by atoms with van der Waals surface area (Å²) in [7, 11) is -3.97. The van der Waals surface area contributed by atoms with Crippen molar-refractivity contribution in [2.24, 2.45) is 0 Å². The molecule has 3 aromatic rings. The third-order valence-electron chi connectivity index (χ3n) is 4.11. The molecule has 0 saturated carbocycles. The van der Waals surface area contributed by atoms with Crippen molar-refractivity contribution in [3.8, 4) is 0 Å². The van der Waals surface area contributed by atoms with Crippen LogP contribution in [0.25, 0.3) is 0 Å². The fourth-order valence-corrected chi connectivity index (χ4v) is 4.64. The average molecular weight is 440 g/mol. The van der Waals surface area contributed by atoms with Gasteiger partial charge in [0.1, 0.15) is 16.2 Å². The van der Waals surface area contributed by atoms with E-state index in [-0.39, 0.29) is 22.4 Å². The summed E-state index contributed by atoms with van der Waals surface area (Å²) < 4.78 is 39.9. The lowest BCUT2D eigenvalue weighted by Crippen LogP contribution is -2.11. The zero-order valence-corrected chi connectivity index (χ0v) is 17.1. The number of sulfone groups is 1. The quantitative estimate of drug-likeness (QED) is 0.580. The normalized spacial score (nSPS) is 12.6. The lowest BCUT2D eigenvalue weighted by molar-refractivity contribution is 0.566. The van der Waals surface area contributed by atoms with Crippen molar-refractivity contribution < 1.29 is 12.8 Å². The molecule has 0 amide bonds. The van der Waals surface area contributed by atoms with Crippen LogP contribution in [0.3, 0.4) is 0 Å². The lowest BCUT2D eigenvalue weighted by atomic mass is 10.1. The maximum absolute atomic E-state index is 14.8. The maximum Gasteiger partial charge on any atom is 0.187 e. The number of halogens is 3. The number of rotatable bonds is 6. The van der Waals surface area contributed by atoms with Crippen molar-refractivity contribution in [2.75, 3.05) is 5.32 Å². The molecule has 1 atom stereocenters. The van der Waals surface area contributed by atoms with E-state index < -0.39 is 26.3 Å². The summed E-state index contributed by atoms with van der Waals surface area (Å²) in [6.07, 6.45) is 2.65. The monoisotopic (exact) mass is 439 g/mol. The molecule has 28 heavy (non-hydrogen) atoms. The SMILES string of the molecule is C[C@H](Nc1ccc(S(=O)(=O)Cc2ccncn2)c(F)c1Cl)c1ccccc1Cl. The van der Waals surface area contributed by atoms with Gasteiger partial charge >= 0.3 is 0 Å². The van der Waals surface area contributed by atoms with Gasteiger partial charge in [0.2, 0.25) is 0 Å². The van der Waals surface area contributed by atoms with Gasteiger partial charge in [0.15, 0.2) is 15.7 Å². The van der Waals surface area contributed by atoms with Gasteiger partial charge in [-0.3, -0.25) is 0 Å². The topological polar surface area (TPSA) is 72.0 Å². The minimum atomic E-state index is -3.97. The first-order valence-corrected chi connectivity index (χ1v) is 10.7. The van der Waals surface area contributed by atoms with Gasteiger partial charge in [-0.05, 0) is 36.8 Å². The number of benzene rings is 2. The Hall–Kier alpha value is -2.22. The van der Waals surface area contributed by atoms with Gasteiger partial charge in [-0.15, -0.1) is 0 Å². The minimum Gasteiger partial charge on any atom is -0.377 e. The Labute approximate surface area is 172 Å². The molecule has 9 heteroatoms. The van der Waals surface area contributed by atoms with Crippen LogP contribution in [0.15, 0.2) is 59.9 Å². The Kier molecular flexibility index (Phi) is 6.17. The molecule has 0 fully saturated rings. The zero-order chi connectivity index (χ0) is 20.3. The third-order valence-corrected chi connectivity index (χ3v) is 6.48. The summed E-state index contributed by atoms with van der Waals surface area (Å²) in [5.41, 5.74) is 1.34. The van der Waals surface area contributed by atoms with E-state index in [0.29, 0.717) is 5.02 Å². The molecule has 3 rings (SSSR count). The Bertz CT molecular complexity index is 1100. The number of anilines is 1. The summed E-state index contributed by atoms with van der Waals surface area (Å²) in [6.45, 7) is 1.84. The smallest absolute Gasteiger partial charge is 0.187 e. The Morgan fingerprint density at radius 2 is 1.89 bits per heavy atom. The van der Waals surface area contributed by atoms with Crippen molar-refractivity contribution in [3.05, 3.63) is 82.1 Å². The van der Waals surface area contributed by atoms with Crippen molar-refractivity contribution in [2.45, 2.75) is 23.6 Å². The molecule has 0 saturated heterocycles. The second-order valence-corrected chi connectivity index (χ2v) is 8.83. The van der Waals surface area contributed by atoms with Crippen LogP contribution < -0.4 is 5.32 Å². The number of aromatic nitrogens is 2. The molecule has 1 N–H and O–H groups in total. The fraction of sp³-hybridized carbons (Fsp3) is 0.158. The van der Waals surface area contributed by atoms with Crippen LogP contribution in [0, 0.1) is 5.82 Å². The van der Waals surface area contributed by atoms with Gasteiger partial charge in [0.05, 0.1) is 23.2 Å². The summed E-state index contributed by atoms with van der Waals surface area (Å²) in [5, 5.41) is 3.32. The Morgan fingerprint density at radius 1 is 1.14 bits per heavy atom. The fourth-order valence-electron chi connectivity index (χ4n) is 2.70.